The summed E-state index contributed by atoms with van der Waals surface area (Å²) in [7, 11) is 1.73. The lowest BCUT2D eigenvalue weighted by molar-refractivity contribution is 0.312. The van der Waals surface area contributed by atoms with Crippen molar-refractivity contribution >= 4 is 0 Å². The minimum Gasteiger partial charge on any atom is -0.496 e. The largest absolute Gasteiger partial charge is 0.496 e. The normalized spacial score (nSPS) is 17.9. The van der Waals surface area contributed by atoms with Crippen LogP contribution < -0.4 is 16.0 Å². The average Bonchev–Trinajstić information content (AvgIpc) is 2.52. The van der Waals surface area contributed by atoms with Crippen LogP contribution in [0.25, 0.3) is 0 Å². The van der Waals surface area contributed by atoms with Gasteiger partial charge >= 0.3 is 0 Å². The van der Waals surface area contributed by atoms with Crippen molar-refractivity contribution in [3.8, 4) is 5.75 Å². The van der Waals surface area contributed by atoms with Crippen molar-refractivity contribution in [1.82, 2.24) is 5.43 Å². The van der Waals surface area contributed by atoms with Gasteiger partial charge in [0.1, 0.15) is 5.75 Å². The highest BCUT2D eigenvalue weighted by molar-refractivity contribution is 5.33. The fourth-order valence-electron chi connectivity index (χ4n) is 3.29. The van der Waals surface area contributed by atoms with Crippen LogP contribution in [0.1, 0.15) is 50.5 Å². The molecule has 112 valence electrons. The summed E-state index contributed by atoms with van der Waals surface area (Å²) in [5, 5.41) is 0. The minimum absolute atomic E-state index is 0.341. The Labute approximate surface area is 122 Å². The highest BCUT2D eigenvalue weighted by Gasteiger charge is 2.17. The van der Waals surface area contributed by atoms with Crippen molar-refractivity contribution < 1.29 is 4.74 Å². The van der Waals surface area contributed by atoms with E-state index in [2.05, 4.69) is 17.6 Å². The van der Waals surface area contributed by atoms with Crippen molar-refractivity contribution in [1.29, 1.82) is 0 Å². The van der Waals surface area contributed by atoms with Crippen molar-refractivity contribution in [2.75, 3.05) is 7.11 Å². The second-order valence-electron chi connectivity index (χ2n) is 5.96. The molecule has 1 unspecified atom stereocenters. The summed E-state index contributed by atoms with van der Waals surface area (Å²) in [6.07, 6.45) is 10.5. The fraction of sp³-hybridized carbons (Fsp3) is 0.647. The molecule has 1 saturated carbocycles. The summed E-state index contributed by atoms with van der Waals surface area (Å²) in [4.78, 5) is 0. The molecule has 0 radical (unpaired) electrons. The van der Waals surface area contributed by atoms with Crippen molar-refractivity contribution in [3.63, 3.8) is 0 Å². The van der Waals surface area contributed by atoms with Crippen LogP contribution in [0.3, 0.4) is 0 Å². The first-order chi connectivity index (χ1) is 9.83. The van der Waals surface area contributed by atoms with Crippen LogP contribution in [0.15, 0.2) is 24.3 Å². The Morgan fingerprint density at radius 2 is 2.00 bits per heavy atom. The lowest BCUT2D eigenvalue weighted by atomic mass is 9.84. The molecule has 1 aromatic carbocycles. The van der Waals surface area contributed by atoms with Crippen LogP contribution in [0.4, 0.5) is 0 Å². The van der Waals surface area contributed by atoms with Gasteiger partial charge in [-0.1, -0.05) is 50.3 Å². The Hall–Kier alpha value is -1.06. The number of rotatable bonds is 7. The van der Waals surface area contributed by atoms with Crippen LogP contribution in [0, 0.1) is 5.92 Å². The maximum absolute atomic E-state index is 5.74. The number of hydrazine groups is 1. The number of para-hydroxylation sites is 1. The Bertz CT molecular complexity index is 388. The Balaban J connectivity index is 1.84. The zero-order valence-electron chi connectivity index (χ0n) is 12.6. The van der Waals surface area contributed by atoms with Crippen molar-refractivity contribution in [2.45, 2.75) is 57.4 Å². The molecule has 0 aliphatic heterocycles. The van der Waals surface area contributed by atoms with Gasteiger partial charge < -0.3 is 4.74 Å². The van der Waals surface area contributed by atoms with E-state index < -0.39 is 0 Å². The summed E-state index contributed by atoms with van der Waals surface area (Å²) >= 11 is 0. The SMILES string of the molecule is COc1ccccc1CC(CCC1CCCCC1)NN. The molecule has 0 spiro atoms. The highest BCUT2D eigenvalue weighted by atomic mass is 16.5. The Kier molecular flexibility index (Phi) is 6.34. The molecule has 20 heavy (non-hydrogen) atoms. The Morgan fingerprint density at radius 1 is 1.25 bits per heavy atom. The molecule has 1 aromatic rings. The van der Waals surface area contributed by atoms with Gasteiger partial charge in [0.2, 0.25) is 0 Å². The van der Waals surface area contributed by atoms with E-state index in [9.17, 15) is 0 Å². The molecule has 2 rings (SSSR count). The van der Waals surface area contributed by atoms with Crippen LogP contribution >= 0.6 is 0 Å². The fourth-order valence-corrected chi connectivity index (χ4v) is 3.29. The summed E-state index contributed by atoms with van der Waals surface area (Å²) in [5.74, 6) is 7.61. The van der Waals surface area contributed by atoms with E-state index in [0.29, 0.717) is 6.04 Å². The predicted molar refractivity (Wildman–Crippen MR) is 83.6 cm³/mol. The number of nitrogens with one attached hydrogen (secondary N) is 1. The third kappa shape index (κ3) is 4.50. The molecule has 1 atom stereocenters. The van der Waals surface area contributed by atoms with Gasteiger partial charge in [0.15, 0.2) is 0 Å². The topological polar surface area (TPSA) is 47.3 Å². The zero-order valence-corrected chi connectivity index (χ0v) is 12.6. The summed E-state index contributed by atoms with van der Waals surface area (Å²) in [5.41, 5.74) is 4.22. The number of hydrogen-bond donors (Lipinski definition) is 2. The molecule has 1 aliphatic carbocycles. The molecule has 1 fully saturated rings. The van der Waals surface area contributed by atoms with Crippen LogP contribution in [-0.4, -0.2) is 13.2 Å². The summed E-state index contributed by atoms with van der Waals surface area (Å²) < 4.78 is 5.42. The number of hydrogen-bond acceptors (Lipinski definition) is 3. The van der Waals surface area contributed by atoms with Gasteiger partial charge in [0.25, 0.3) is 0 Å². The molecular weight excluding hydrogens is 248 g/mol. The van der Waals surface area contributed by atoms with Crippen molar-refractivity contribution in [3.05, 3.63) is 29.8 Å². The molecule has 0 amide bonds. The second kappa shape index (κ2) is 8.28. The number of methoxy groups -OCH3 is 1. The van der Waals surface area contributed by atoms with Crippen LogP contribution in [0.5, 0.6) is 5.75 Å². The third-order valence-corrected chi connectivity index (χ3v) is 4.54. The molecule has 1 aliphatic rings. The first kappa shape index (κ1) is 15.3. The van der Waals surface area contributed by atoms with Crippen LogP contribution in [0.2, 0.25) is 0 Å². The summed E-state index contributed by atoms with van der Waals surface area (Å²) in [6.45, 7) is 0. The van der Waals surface area contributed by atoms with E-state index >= 15 is 0 Å². The van der Waals surface area contributed by atoms with Crippen molar-refractivity contribution in [2.24, 2.45) is 11.8 Å². The van der Waals surface area contributed by atoms with E-state index in [-0.39, 0.29) is 0 Å². The molecule has 0 saturated heterocycles. The number of benzene rings is 1. The van der Waals surface area contributed by atoms with E-state index in [4.69, 9.17) is 10.6 Å². The number of nitrogens with two attached hydrogens (primary N) is 1. The monoisotopic (exact) mass is 276 g/mol. The molecule has 0 bridgehead atoms. The Morgan fingerprint density at radius 3 is 2.70 bits per heavy atom. The summed E-state index contributed by atoms with van der Waals surface area (Å²) in [6, 6.07) is 8.56. The smallest absolute Gasteiger partial charge is 0.122 e. The first-order valence-electron chi connectivity index (χ1n) is 7.91. The van der Waals surface area contributed by atoms with Gasteiger partial charge in [-0.25, -0.2) is 0 Å². The number of ether oxygens (including phenoxy) is 1. The van der Waals surface area contributed by atoms with Gasteiger partial charge in [-0.2, -0.15) is 0 Å². The van der Waals surface area contributed by atoms with Gasteiger partial charge in [0, 0.05) is 6.04 Å². The molecule has 3 nitrogen and oxygen atoms in total. The maximum Gasteiger partial charge on any atom is 0.122 e. The standard InChI is InChI=1S/C17H28N2O/c1-20-17-10-6-5-9-15(17)13-16(19-18)12-11-14-7-3-2-4-8-14/h5-6,9-10,14,16,19H,2-4,7-8,11-13,18H2,1H3. The predicted octanol–water partition coefficient (Wildman–Crippen LogP) is 3.43. The zero-order chi connectivity index (χ0) is 14.2. The average molecular weight is 276 g/mol. The molecule has 3 N–H and O–H groups in total. The van der Waals surface area contributed by atoms with E-state index in [1.165, 1.54) is 44.1 Å². The minimum atomic E-state index is 0.341. The van der Waals surface area contributed by atoms with Gasteiger partial charge in [0.05, 0.1) is 7.11 Å². The third-order valence-electron chi connectivity index (χ3n) is 4.54. The van der Waals surface area contributed by atoms with E-state index in [1.807, 2.05) is 12.1 Å². The maximum atomic E-state index is 5.74. The molecule has 0 aromatic heterocycles. The van der Waals surface area contributed by atoms with Gasteiger partial charge in [-0.05, 0) is 36.8 Å². The lowest BCUT2D eigenvalue weighted by Gasteiger charge is -2.24. The molecule has 0 heterocycles. The van der Waals surface area contributed by atoms with E-state index in [0.717, 1.165) is 24.5 Å². The van der Waals surface area contributed by atoms with Crippen LogP contribution in [-0.2, 0) is 6.42 Å². The second-order valence-corrected chi connectivity index (χ2v) is 5.96. The lowest BCUT2D eigenvalue weighted by Crippen LogP contribution is -2.37. The quantitative estimate of drug-likeness (QED) is 0.592. The van der Waals surface area contributed by atoms with Gasteiger partial charge in [-0.15, -0.1) is 0 Å². The van der Waals surface area contributed by atoms with Gasteiger partial charge in [-0.3, -0.25) is 11.3 Å². The molecular formula is C17H28N2O. The first-order valence-corrected chi connectivity index (χ1v) is 7.91. The highest BCUT2D eigenvalue weighted by Crippen LogP contribution is 2.28. The van der Waals surface area contributed by atoms with E-state index in [1.54, 1.807) is 7.11 Å². The molecule has 3 heteroatoms.